The first kappa shape index (κ1) is 12.9. The number of amides is 1. The molecule has 0 aliphatic heterocycles. The highest BCUT2D eigenvalue weighted by atomic mass is 127. The Morgan fingerprint density at radius 2 is 2.17 bits per heavy atom. The van der Waals surface area contributed by atoms with Crippen LogP contribution in [0.15, 0.2) is 30.3 Å². The molecule has 6 heteroatoms. The average molecular weight is 357 g/mol. The summed E-state index contributed by atoms with van der Waals surface area (Å²) in [6.45, 7) is 0. The van der Waals surface area contributed by atoms with Crippen LogP contribution in [0.3, 0.4) is 0 Å². The van der Waals surface area contributed by atoms with Gasteiger partial charge in [0.25, 0.3) is 5.91 Å². The maximum absolute atomic E-state index is 12.0. The molecule has 1 N–H and O–H groups in total. The van der Waals surface area contributed by atoms with Gasteiger partial charge in [-0.2, -0.15) is 5.10 Å². The summed E-state index contributed by atoms with van der Waals surface area (Å²) < 4.78 is 7.54. The number of anilines is 1. The first-order valence-electron chi connectivity index (χ1n) is 5.25. The van der Waals surface area contributed by atoms with Crippen molar-refractivity contribution in [2.75, 3.05) is 12.4 Å². The zero-order valence-corrected chi connectivity index (χ0v) is 12.1. The zero-order valence-electron chi connectivity index (χ0n) is 9.98. The van der Waals surface area contributed by atoms with Gasteiger partial charge < -0.3 is 10.1 Å². The molecule has 0 spiro atoms. The fourth-order valence-corrected chi connectivity index (χ4v) is 2.16. The topological polar surface area (TPSA) is 56.1 Å². The molecule has 5 nitrogen and oxygen atoms in total. The number of aryl methyl sites for hydroxylation is 1. The van der Waals surface area contributed by atoms with Crippen LogP contribution in [-0.2, 0) is 7.05 Å². The maximum Gasteiger partial charge on any atom is 0.257 e. The molecule has 0 atom stereocenters. The van der Waals surface area contributed by atoms with Crippen LogP contribution in [0.4, 0.5) is 5.82 Å². The third-order valence-corrected chi connectivity index (χ3v) is 3.35. The van der Waals surface area contributed by atoms with Gasteiger partial charge in [-0.3, -0.25) is 4.79 Å². The van der Waals surface area contributed by atoms with Crippen LogP contribution in [0, 0.1) is 3.57 Å². The molecule has 0 unspecified atom stereocenters. The van der Waals surface area contributed by atoms with E-state index in [-0.39, 0.29) is 5.91 Å². The van der Waals surface area contributed by atoms with Gasteiger partial charge in [0.1, 0.15) is 0 Å². The molecule has 0 saturated carbocycles. The van der Waals surface area contributed by atoms with E-state index in [9.17, 15) is 4.79 Å². The molecule has 0 aliphatic carbocycles. The van der Waals surface area contributed by atoms with Gasteiger partial charge >= 0.3 is 0 Å². The summed E-state index contributed by atoms with van der Waals surface area (Å²) in [4.78, 5) is 12.0. The Kier molecular flexibility index (Phi) is 3.85. The van der Waals surface area contributed by atoms with Crippen LogP contribution in [-0.4, -0.2) is 22.8 Å². The SMILES string of the molecule is COc1cc(NC(=O)c2ccccc2I)nn1C. The van der Waals surface area contributed by atoms with Gasteiger partial charge in [0.15, 0.2) is 5.82 Å². The van der Waals surface area contributed by atoms with Crippen LogP contribution in [0.5, 0.6) is 5.88 Å². The molecular formula is C12H12IN3O2. The monoisotopic (exact) mass is 357 g/mol. The van der Waals surface area contributed by atoms with Crippen LogP contribution >= 0.6 is 22.6 Å². The van der Waals surface area contributed by atoms with Crippen molar-refractivity contribution in [1.29, 1.82) is 0 Å². The second-order valence-corrected chi connectivity index (χ2v) is 4.79. The van der Waals surface area contributed by atoms with Crippen molar-refractivity contribution < 1.29 is 9.53 Å². The van der Waals surface area contributed by atoms with Crippen molar-refractivity contribution in [3.8, 4) is 5.88 Å². The lowest BCUT2D eigenvalue weighted by atomic mass is 10.2. The van der Waals surface area contributed by atoms with E-state index in [1.54, 1.807) is 31.0 Å². The molecule has 2 rings (SSSR count). The number of aromatic nitrogens is 2. The summed E-state index contributed by atoms with van der Waals surface area (Å²) in [6.07, 6.45) is 0. The summed E-state index contributed by atoms with van der Waals surface area (Å²) in [6, 6.07) is 9.05. The fourth-order valence-electron chi connectivity index (χ4n) is 1.53. The number of hydrogen-bond donors (Lipinski definition) is 1. The second-order valence-electron chi connectivity index (χ2n) is 3.63. The zero-order chi connectivity index (χ0) is 13.1. The van der Waals surface area contributed by atoms with E-state index in [1.807, 2.05) is 18.2 Å². The number of rotatable bonds is 3. The van der Waals surface area contributed by atoms with Gasteiger partial charge in [0.2, 0.25) is 5.88 Å². The lowest BCUT2D eigenvalue weighted by Gasteiger charge is -2.03. The highest BCUT2D eigenvalue weighted by Crippen LogP contribution is 2.17. The Bertz CT molecular complexity index is 580. The number of ether oxygens (including phenoxy) is 1. The standard InChI is InChI=1S/C12H12IN3O2/c1-16-11(18-2)7-10(15-16)14-12(17)8-5-3-4-6-9(8)13/h3-7H,1-2H3,(H,14,15,17). The minimum absolute atomic E-state index is 0.180. The molecule has 1 aromatic heterocycles. The largest absolute Gasteiger partial charge is 0.481 e. The van der Waals surface area contributed by atoms with Crippen molar-refractivity contribution >= 4 is 34.3 Å². The van der Waals surface area contributed by atoms with Gasteiger partial charge in [-0.25, -0.2) is 4.68 Å². The average Bonchev–Trinajstić information content (AvgIpc) is 2.69. The minimum Gasteiger partial charge on any atom is -0.481 e. The summed E-state index contributed by atoms with van der Waals surface area (Å²) in [5.74, 6) is 0.882. The van der Waals surface area contributed by atoms with E-state index in [4.69, 9.17) is 4.74 Å². The van der Waals surface area contributed by atoms with Gasteiger partial charge in [-0.05, 0) is 34.7 Å². The quantitative estimate of drug-likeness (QED) is 0.858. The van der Waals surface area contributed by atoms with E-state index in [0.717, 1.165) is 3.57 Å². The first-order chi connectivity index (χ1) is 8.61. The molecule has 0 fully saturated rings. The molecule has 0 bridgehead atoms. The number of methoxy groups -OCH3 is 1. The number of carbonyl (C=O) groups is 1. The molecule has 1 aromatic carbocycles. The number of hydrogen-bond acceptors (Lipinski definition) is 3. The van der Waals surface area contributed by atoms with Crippen LogP contribution in [0.2, 0.25) is 0 Å². The highest BCUT2D eigenvalue weighted by Gasteiger charge is 2.12. The Morgan fingerprint density at radius 3 is 2.78 bits per heavy atom. The molecule has 0 aliphatic rings. The molecule has 18 heavy (non-hydrogen) atoms. The number of nitrogens with zero attached hydrogens (tertiary/aromatic N) is 2. The number of carbonyl (C=O) groups excluding carboxylic acids is 1. The smallest absolute Gasteiger partial charge is 0.257 e. The Morgan fingerprint density at radius 1 is 1.44 bits per heavy atom. The molecule has 94 valence electrons. The number of nitrogens with one attached hydrogen (secondary N) is 1. The first-order valence-corrected chi connectivity index (χ1v) is 6.33. The second kappa shape index (κ2) is 5.38. The van der Waals surface area contributed by atoms with Crippen molar-refractivity contribution in [2.24, 2.45) is 7.05 Å². The Labute approximate surface area is 118 Å². The number of benzene rings is 1. The van der Waals surface area contributed by atoms with Crippen LogP contribution in [0.1, 0.15) is 10.4 Å². The molecule has 2 aromatic rings. The predicted octanol–water partition coefficient (Wildman–Crippen LogP) is 2.29. The predicted molar refractivity (Wildman–Crippen MR) is 76.9 cm³/mol. The van der Waals surface area contributed by atoms with Crippen molar-refractivity contribution in [3.63, 3.8) is 0 Å². The van der Waals surface area contributed by atoms with Crippen molar-refractivity contribution in [3.05, 3.63) is 39.5 Å². The van der Waals surface area contributed by atoms with E-state index in [0.29, 0.717) is 17.3 Å². The summed E-state index contributed by atoms with van der Waals surface area (Å²) >= 11 is 2.13. The number of halogens is 1. The van der Waals surface area contributed by atoms with Crippen molar-refractivity contribution in [1.82, 2.24) is 9.78 Å². The van der Waals surface area contributed by atoms with Gasteiger partial charge in [-0.1, -0.05) is 12.1 Å². The van der Waals surface area contributed by atoms with Gasteiger partial charge in [-0.15, -0.1) is 0 Å². The van der Waals surface area contributed by atoms with Crippen LogP contribution < -0.4 is 10.1 Å². The maximum atomic E-state index is 12.0. The molecule has 0 radical (unpaired) electrons. The summed E-state index contributed by atoms with van der Waals surface area (Å²) in [7, 11) is 3.31. The van der Waals surface area contributed by atoms with E-state index >= 15 is 0 Å². The Balaban J connectivity index is 2.19. The molecule has 1 heterocycles. The van der Waals surface area contributed by atoms with Crippen molar-refractivity contribution in [2.45, 2.75) is 0 Å². The summed E-state index contributed by atoms with van der Waals surface area (Å²) in [5, 5.41) is 6.87. The van der Waals surface area contributed by atoms with Gasteiger partial charge in [0.05, 0.1) is 12.7 Å². The van der Waals surface area contributed by atoms with Crippen LogP contribution in [0.25, 0.3) is 0 Å². The normalized spacial score (nSPS) is 10.2. The third kappa shape index (κ3) is 2.63. The molecule has 0 saturated heterocycles. The molecular weight excluding hydrogens is 345 g/mol. The summed E-state index contributed by atoms with van der Waals surface area (Å²) in [5.41, 5.74) is 0.628. The van der Waals surface area contributed by atoms with E-state index < -0.39 is 0 Å². The third-order valence-electron chi connectivity index (χ3n) is 2.41. The minimum atomic E-state index is -0.180. The fraction of sp³-hybridized carbons (Fsp3) is 0.167. The van der Waals surface area contributed by atoms with E-state index in [1.165, 1.54) is 0 Å². The highest BCUT2D eigenvalue weighted by molar-refractivity contribution is 14.1. The Hall–Kier alpha value is -1.57. The lowest BCUT2D eigenvalue weighted by Crippen LogP contribution is -2.13. The van der Waals surface area contributed by atoms with Gasteiger partial charge in [0, 0.05) is 16.7 Å². The molecule has 1 amide bonds. The van der Waals surface area contributed by atoms with E-state index in [2.05, 4.69) is 33.0 Å². The lowest BCUT2D eigenvalue weighted by molar-refractivity contribution is 0.102.